The van der Waals surface area contributed by atoms with Gasteiger partial charge in [-0.3, -0.25) is 4.79 Å². The van der Waals surface area contributed by atoms with Crippen molar-refractivity contribution in [2.24, 2.45) is 0 Å². The van der Waals surface area contributed by atoms with Gasteiger partial charge in [-0.25, -0.2) is 4.79 Å². The molecule has 0 fully saturated rings. The van der Waals surface area contributed by atoms with E-state index in [1.807, 2.05) is 5.32 Å². The van der Waals surface area contributed by atoms with Crippen LogP contribution in [0.4, 0.5) is 36.8 Å². The minimum atomic E-state index is -5.02. The first-order valence-corrected chi connectivity index (χ1v) is 6.93. The number of amides is 2. The van der Waals surface area contributed by atoms with Crippen LogP contribution in [0, 0.1) is 0 Å². The number of anilines is 1. The van der Waals surface area contributed by atoms with Crippen molar-refractivity contribution in [2.75, 3.05) is 18.5 Å². The number of urea groups is 1. The van der Waals surface area contributed by atoms with Crippen LogP contribution in [0.5, 0.6) is 0 Å². The Morgan fingerprint density at radius 3 is 1.96 bits per heavy atom. The highest BCUT2D eigenvalue weighted by Gasteiger charge is 2.37. The van der Waals surface area contributed by atoms with Crippen LogP contribution in [-0.2, 0) is 21.9 Å². The molecule has 1 aromatic rings. The molecule has 11 heteroatoms. The number of carbonyl (C=O) groups excluding carboxylic acids is 2. The van der Waals surface area contributed by atoms with Gasteiger partial charge in [-0.15, -0.1) is 0 Å². The van der Waals surface area contributed by atoms with Crippen LogP contribution in [0.2, 0.25) is 0 Å². The summed E-state index contributed by atoms with van der Waals surface area (Å²) in [5.74, 6) is -0.610. The highest BCUT2D eigenvalue weighted by molar-refractivity contribution is 5.89. The predicted octanol–water partition coefficient (Wildman–Crippen LogP) is 3.80. The molecule has 0 saturated heterocycles. The fourth-order valence-electron chi connectivity index (χ4n) is 1.71. The largest absolute Gasteiger partial charge is 0.466 e. The topological polar surface area (TPSA) is 67.4 Å². The Hall–Kier alpha value is -2.46. The molecular weight excluding hydrogens is 358 g/mol. The van der Waals surface area contributed by atoms with Gasteiger partial charge in [-0.2, -0.15) is 26.3 Å². The van der Waals surface area contributed by atoms with Crippen molar-refractivity contribution in [3.05, 3.63) is 29.3 Å². The van der Waals surface area contributed by atoms with Crippen LogP contribution in [0.15, 0.2) is 18.2 Å². The van der Waals surface area contributed by atoms with Gasteiger partial charge in [0.2, 0.25) is 0 Å². The standard InChI is InChI=1S/C14H14F6N2O3/c1-2-25-11(23)3-4-21-12(24)22-10-6-8(13(15,16)17)5-9(7-10)14(18,19)20/h5-7H,2-4H2,1H3,(H2,21,22,24). The number of ether oxygens (including phenoxy) is 1. The maximum atomic E-state index is 12.7. The molecule has 0 aromatic heterocycles. The molecule has 0 spiro atoms. The fraction of sp³-hybridized carbons (Fsp3) is 0.429. The molecule has 1 rings (SSSR count). The van der Waals surface area contributed by atoms with Crippen molar-refractivity contribution in [3.8, 4) is 0 Å². The van der Waals surface area contributed by atoms with Crippen molar-refractivity contribution < 1.29 is 40.7 Å². The van der Waals surface area contributed by atoms with E-state index in [-0.39, 0.29) is 25.6 Å². The first-order chi connectivity index (χ1) is 11.4. The van der Waals surface area contributed by atoms with E-state index in [0.29, 0.717) is 12.1 Å². The Morgan fingerprint density at radius 1 is 1.00 bits per heavy atom. The van der Waals surface area contributed by atoms with Gasteiger partial charge in [-0.05, 0) is 25.1 Å². The summed E-state index contributed by atoms with van der Waals surface area (Å²) in [5, 5.41) is 3.99. The van der Waals surface area contributed by atoms with Gasteiger partial charge in [-0.1, -0.05) is 0 Å². The Morgan fingerprint density at radius 2 is 1.52 bits per heavy atom. The van der Waals surface area contributed by atoms with Gasteiger partial charge in [0.25, 0.3) is 0 Å². The van der Waals surface area contributed by atoms with Gasteiger partial charge >= 0.3 is 24.4 Å². The SMILES string of the molecule is CCOC(=O)CCNC(=O)Nc1cc(C(F)(F)F)cc(C(F)(F)F)c1. The summed E-state index contributed by atoms with van der Waals surface area (Å²) in [7, 11) is 0. The molecule has 0 unspecified atom stereocenters. The monoisotopic (exact) mass is 372 g/mol. The highest BCUT2D eigenvalue weighted by Crippen LogP contribution is 2.37. The number of alkyl halides is 6. The summed E-state index contributed by atoms with van der Waals surface area (Å²) in [6.07, 6.45) is -10.2. The molecule has 0 radical (unpaired) electrons. The molecule has 2 amide bonds. The number of nitrogens with one attached hydrogen (secondary N) is 2. The molecule has 25 heavy (non-hydrogen) atoms. The van der Waals surface area contributed by atoms with Crippen molar-refractivity contribution in [3.63, 3.8) is 0 Å². The number of hydrogen-bond donors (Lipinski definition) is 2. The Bertz CT molecular complexity index is 596. The van der Waals surface area contributed by atoms with Gasteiger partial charge in [0.1, 0.15) is 0 Å². The number of hydrogen-bond acceptors (Lipinski definition) is 3. The average Bonchev–Trinajstić information content (AvgIpc) is 2.45. The van der Waals surface area contributed by atoms with Gasteiger partial charge < -0.3 is 15.4 Å². The van der Waals surface area contributed by atoms with E-state index in [1.165, 1.54) is 0 Å². The van der Waals surface area contributed by atoms with Gasteiger partial charge in [0.15, 0.2) is 0 Å². The first-order valence-electron chi connectivity index (χ1n) is 6.93. The molecule has 0 aliphatic rings. The quantitative estimate of drug-likeness (QED) is 0.610. The van der Waals surface area contributed by atoms with Gasteiger partial charge in [0.05, 0.1) is 24.2 Å². The zero-order valence-corrected chi connectivity index (χ0v) is 12.8. The number of esters is 1. The van der Waals surface area contributed by atoms with E-state index in [9.17, 15) is 35.9 Å². The highest BCUT2D eigenvalue weighted by atomic mass is 19.4. The first kappa shape index (κ1) is 20.6. The molecular formula is C14H14F6N2O3. The maximum Gasteiger partial charge on any atom is 0.416 e. The molecule has 0 saturated carbocycles. The average molecular weight is 372 g/mol. The summed E-state index contributed by atoms with van der Waals surface area (Å²) >= 11 is 0. The second-order valence-corrected chi connectivity index (χ2v) is 4.73. The zero-order chi connectivity index (χ0) is 19.3. The normalized spacial score (nSPS) is 11.8. The third-order valence-corrected chi connectivity index (χ3v) is 2.77. The second-order valence-electron chi connectivity index (χ2n) is 4.73. The summed E-state index contributed by atoms with van der Waals surface area (Å²) in [6.45, 7) is 1.51. The van der Waals surface area contributed by atoms with E-state index < -0.39 is 41.2 Å². The van der Waals surface area contributed by atoms with E-state index in [1.54, 1.807) is 6.92 Å². The summed E-state index contributed by atoms with van der Waals surface area (Å²) in [5.41, 5.74) is -3.79. The second kappa shape index (κ2) is 8.08. The minimum absolute atomic E-state index is 0.0517. The van der Waals surface area contributed by atoms with Gasteiger partial charge in [0, 0.05) is 12.2 Å². The predicted molar refractivity (Wildman–Crippen MR) is 74.7 cm³/mol. The lowest BCUT2D eigenvalue weighted by atomic mass is 10.1. The van der Waals surface area contributed by atoms with Crippen molar-refractivity contribution >= 4 is 17.7 Å². The molecule has 2 N–H and O–H groups in total. The molecule has 0 aliphatic carbocycles. The summed E-state index contributed by atoms with van der Waals surface area (Å²) in [4.78, 5) is 22.6. The van der Waals surface area contributed by atoms with E-state index in [4.69, 9.17) is 0 Å². The fourth-order valence-corrected chi connectivity index (χ4v) is 1.71. The molecule has 0 bridgehead atoms. The van der Waals surface area contributed by atoms with E-state index >= 15 is 0 Å². The van der Waals surface area contributed by atoms with Crippen LogP contribution in [0.3, 0.4) is 0 Å². The van der Waals surface area contributed by atoms with Crippen molar-refractivity contribution in [1.29, 1.82) is 0 Å². The molecule has 5 nitrogen and oxygen atoms in total. The number of halogens is 6. The molecule has 140 valence electrons. The Labute approximate surface area is 138 Å². The molecule has 1 aromatic carbocycles. The van der Waals surface area contributed by atoms with Crippen LogP contribution in [0.25, 0.3) is 0 Å². The minimum Gasteiger partial charge on any atom is -0.466 e. The number of carbonyl (C=O) groups is 2. The zero-order valence-electron chi connectivity index (χ0n) is 12.8. The van der Waals surface area contributed by atoms with Crippen LogP contribution < -0.4 is 10.6 Å². The van der Waals surface area contributed by atoms with Crippen molar-refractivity contribution in [1.82, 2.24) is 5.32 Å². The Balaban J connectivity index is 2.83. The third-order valence-electron chi connectivity index (χ3n) is 2.77. The lowest BCUT2D eigenvalue weighted by Crippen LogP contribution is -2.31. The molecule has 0 atom stereocenters. The number of benzene rings is 1. The number of rotatable bonds is 5. The van der Waals surface area contributed by atoms with E-state index in [2.05, 4.69) is 10.1 Å². The third kappa shape index (κ3) is 6.89. The summed E-state index contributed by atoms with van der Waals surface area (Å²) < 4.78 is 80.7. The summed E-state index contributed by atoms with van der Waals surface area (Å²) in [6, 6.07) is -0.360. The van der Waals surface area contributed by atoms with E-state index in [0.717, 1.165) is 0 Å². The van der Waals surface area contributed by atoms with Crippen LogP contribution in [-0.4, -0.2) is 25.2 Å². The smallest absolute Gasteiger partial charge is 0.416 e. The lowest BCUT2D eigenvalue weighted by Gasteiger charge is -2.15. The van der Waals surface area contributed by atoms with Crippen LogP contribution >= 0.6 is 0 Å². The molecule has 0 heterocycles. The van der Waals surface area contributed by atoms with Crippen LogP contribution in [0.1, 0.15) is 24.5 Å². The lowest BCUT2D eigenvalue weighted by molar-refractivity contribution is -0.144. The molecule has 0 aliphatic heterocycles. The Kier molecular flexibility index (Phi) is 6.65. The van der Waals surface area contributed by atoms with Crippen molar-refractivity contribution in [2.45, 2.75) is 25.7 Å². The maximum absolute atomic E-state index is 12.7.